The minimum atomic E-state index is -0.815. The lowest BCUT2D eigenvalue weighted by molar-refractivity contribution is -0.119. The Morgan fingerprint density at radius 3 is 2.54 bits per heavy atom. The summed E-state index contributed by atoms with van der Waals surface area (Å²) >= 11 is 7.38. The fraction of sp³-hybridized carbons (Fsp3) is 0.0526. The predicted octanol–water partition coefficient (Wildman–Crippen LogP) is 3.66. The van der Waals surface area contributed by atoms with Crippen LogP contribution in [0.1, 0.15) is 10.5 Å². The Morgan fingerprint density at radius 1 is 1.07 bits per heavy atom. The predicted molar refractivity (Wildman–Crippen MR) is 107 cm³/mol. The van der Waals surface area contributed by atoms with Crippen LogP contribution in [0.25, 0.3) is 0 Å². The van der Waals surface area contributed by atoms with E-state index in [1.165, 1.54) is 24.2 Å². The second-order valence-electron chi connectivity index (χ2n) is 5.47. The van der Waals surface area contributed by atoms with Crippen LogP contribution in [-0.2, 0) is 9.53 Å². The Labute approximate surface area is 170 Å². The molecule has 7 nitrogen and oxygen atoms in total. The van der Waals surface area contributed by atoms with Gasteiger partial charge in [0.15, 0.2) is 18.1 Å². The standard InChI is InChI=1S/C19H15ClN4O3S/c20-12-5-7-13(8-6-12)28-15-4-2-1-3-14(15)24-16(25)11-27-19(26)17-18(21)23-10-9-22-17/h1-10H,11H2,(H2,21,23)(H,24,25). The van der Waals surface area contributed by atoms with Crippen LogP contribution >= 0.6 is 23.4 Å². The van der Waals surface area contributed by atoms with Crippen LogP contribution in [0.2, 0.25) is 5.02 Å². The Hall–Kier alpha value is -3.10. The molecule has 0 saturated carbocycles. The van der Waals surface area contributed by atoms with E-state index in [4.69, 9.17) is 22.1 Å². The average Bonchev–Trinajstić information content (AvgIpc) is 2.70. The van der Waals surface area contributed by atoms with Gasteiger partial charge >= 0.3 is 5.97 Å². The molecule has 142 valence electrons. The molecular formula is C19H15ClN4O3S. The highest BCUT2D eigenvalue weighted by atomic mass is 35.5. The second kappa shape index (κ2) is 9.20. The van der Waals surface area contributed by atoms with Crippen LogP contribution in [0.15, 0.2) is 70.7 Å². The van der Waals surface area contributed by atoms with E-state index in [0.29, 0.717) is 10.7 Å². The maximum atomic E-state index is 12.2. The molecule has 9 heteroatoms. The molecule has 28 heavy (non-hydrogen) atoms. The van der Waals surface area contributed by atoms with Crippen LogP contribution in [0, 0.1) is 0 Å². The maximum Gasteiger partial charge on any atom is 0.361 e. The molecule has 3 rings (SSSR count). The number of rotatable bonds is 6. The molecule has 3 aromatic rings. The number of carbonyl (C=O) groups is 2. The number of benzene rings is 2. The van der Waals surface area contributed by atoms with Gasteiger partial charge in [0.1, 0.15) is 0 Å². The first-order chi connectivity index (χ1) is 13.5. The zero-order chi connectivity index (χ0) is 19.9. The van der Waals surface area contributed by atoms with Crippen molar-refractivity contribution in [1.29, 1.82) is 0 Å². The van der Waals surface area contributed by atoms with Crippen LogP contribution in [0.3, 0.4) is 0 Å². The molecule has 0 saturated heterocycles. The Balaban J connectivity index is 1.62. The normalized spacial score (nSPS) is 10.3. The Morgan fingerprint density at radius 2 is 1.79 bits per heavy atom. The molecule has 0 fully saturated rings. The zero-order valence-electron chi connectivity index (χ0n) is 14.5. The van der Waals surface area contributed by atoms with Gasteiger partial charge in [0.05, 0.1) is 5.69 Å². The molecular weight excluding hydrogens is 400 g/mol. The minimum absolute atomic E-state index is 0.0578. The van der Waals surface area contributed by atoms with Gasteiger partial charge in [-0.1, -0.05) is 35.5 Å². The third-order valence-corrected chi connectivity index (χ3v) is 4.79. The molecule has 0 aliphatic heterocycles. The van der Waals surface area contributed by atoms with Crippen LogP contribution in [-0.4, -0.2) is 28.5 Å². The molecule has 0 spiro atoms. The quantitative estimate of drug-likeness (QED) is 0.592. The SMILES string of the molecule is Nc1nccnc1C(=O)OCC(=O)Nc1ccccc1Sc1ccc(Cl)cc1. The average molecular weight is 415 g/mol. The van der Waals surface area contributed by atoms with Crippen molar-refractivity contribution in [3.63, 3.8) is 0 Å². The number of hydrogen-bond donors (Lipinski definition) is 2. The number of nitrogen functional groups attached to an aromatic ring is 1. The van der Waals surface area contributed by atoms with Gasteiger partial charge in [-0.3, -0.25) is 4.79 Å². The first-order valence-corrected chi connectivity index (χ1v) is 9.28. The molecule has 1 aromatic heterocycles. The Kier molecular flexibility index (Phi) is 6.46. The van der Waals surface area contributed by atoms with Crippen molar-refractivity contribution >= 4 is 46.7 Å². The summed E-state index contributed by atoms with van der Waals surface area (Å²) in [5.74, 6) is -1.36. The number of carbonyl (C=O) groups excluding carboxylic acids is 2. The number of amides is 1. The van der Waals surface area contributed by atoms with E-state index in [1.54, 1.807) is 24.3 Å². The topological polar surface area (TPSA) is 107 Å². The van der Waals surface area contributed by atoms with E-state index < -0.39 is 18.5 Å². The van der Waals surface area contributed by atoms with Gasteiger partial charge < -0.3 is 15.8 Å². The summed E-state index contributed by atoms with van der Waals surface area (Å²) in [6, 6.07) is 14.7. The van der Waals surface area contributed by atoms with E-state index in [2.05, 4.69) is 15.3 Å². The molecule has 1 amide bonds. The lowest BCUT2D eigenvalue weighted by Gasteiger charge is -2.11. The fourth-order valence-corrected chi connectivity index (χ4v) is 3.21. The van der Waals surface area contributed by atoms with Gasteiger partial charge in [-0.05, 0) is 36.4 Å². The van der Waals surface area contributed by atoms with Crippen LogP contribution in [0.5, 0.6) is 0 Å². The van der Waals surface area contributed by atoms with Crippen molar-refractivity contribution in [2.45, 2.75) is 9.79 Å². The molecule has 0 unspecified atom stereocenters. The summed E-state index contributed by atoms with van der Waals surface area (Å²) < 4.78 is 4.96. The summed E-state index contributed by atoms with van der Waals surface area (Å²) in [6.45, 7) is -0.477. The number of nitrogens with two attached hydrogens (primary N) is 1. The number of hydrogen-bond acceptors (Lipinski definition) is 7. The molecule has 1 heterocycles. The first kappa shape index (κ1) is 19.7. The van der Waals surface area contributed by atoms with E-state index in [9.17, 15) is 9.59 Å². The van der Waals surface area contributed by atoms with Crippen LogP contribution < -0.4 is 11.1 Å². The lowest BCUT2D eigenvalue weighted by atomic mass is 10.3. The van der Waals surface area contributed by atoms with Crippen molar-refractivity contribution in [2.75, 3.05) is 17.7 Å². The van der Waals surface area contributed by atoms with E-state index in [-0.39, 0.29) is 11.5 Å². The fourth-order valence-electron chi connectivity index (χ4n) is 2.18. The number of ether oxygens (including phenoxy) is 1. The molecule has 0 aliphatic rings. The highest BCUT2D eigenvalue weighted by Crippen LogP contribution is 2.33. The molecule has 0 aliphatic carbocycles. The maximum absolute atomic E-state index is 12.2. The molecule has 0 bridgehead atoms. The van der Waals surface area contributed by atoms with Crippen molar-refractivity contribution in [2.24, 2.45) is 0 Å². The molecule has 3 N–H and O–H groups in total. The second-order valence-corrected chi connectivity index (χ2v) is 7.02. The molecule has 0 atom stereocenters. The molecule has 0 radical (unpaired) electrons. The zero-order valence-corrected chi connectivity index (χ0v) is 16.0. The van der Waals surface area contributed by atoms with Crippen molar-refractivity contribution < 1.29 is 14.3 Å². The van der Waals surface area contributed by atoms with Gasteiger partial charge in [0.2, 0.25) is 0 Å². The van der Waals surface area contributed by atoms with E-state index in [0.717, 1.165) is 9.79 Å². The number of para-hydroxylation sites is 1. The van der Waals surface area contributed by atoms with Gasteiger partial charge in [-0.2, -0.15) is 0 Å². The van der Waals surface area contributed by atoms with E-state index >= 15 is 0 Å². The van der Waals surface area contributed by atoms with Crippen molar-refractivity contribution in [1.82, 2.24) is 9.97 Å². The number of halogens is 1. The van der Waals surface area contributed by atoms with E-state index in [1.807, 2.05) is 24.3 Å². The third kappa shape index (κ3) is 5.21. The number of aromatic nitrogens is 2. The third-order valence-electron chi connectivity index (χ3n) is 3.46. The van der Waals surface area contributed by atoms with Crippen molar-refractivity contribution in [3.05, 3.63) is 71.6 Å². The van der Waals surface area contributed by atoms with Gasteiger partial charge in [-0.15, -0.1) is 0 Å². The van der Waals surface area contributed by atoms with Crippen LogP contribution in [0.4, 0.5) is 11.5 Å². The highest BCUT2D eigenvalue weighted by Gasteiger charge is 2.16. The first-order valence-electron chi connectivity index (χ1n) is 8.09. The minimum Gasteiger partial charge on any atom is -0.451 e. The van der Waals surface area contributed by atoms with Gasteiger partial charge in [0, 0.05) is 27.2 Å². The number of nitrogens with one attached hydrogen (secondary N) is 1. The number of nitrogens with zero attached hydrogens (tertiary/aromatic N) is 2. The highest BCUT2D eigenvalue weighted by molar-refractivity contribution is 7.99. The smallest absolute Gasteiger partial charge is 0.361 e. The number of anilines is 2. The van der Waals surface area contributed by atoms with Gasteiger partial charge in [-0.25, -0.2) is 14.8 Å². The summed E-state index contributed by atoms with van der Waals surface area (Å²) in [7, 11) is 0. The number of esters is 1. The largest absolute Gasteiger partial charge is 0.451 e. The van der Waals surface area contributed by atoms with Crippen molar-refractivity contribution in [3.8, 4) is 0 Å². The summed E-state index contributed by atoms with van der Waals surface area (Å²) in [5, 5.41) is 3.38. The summed E-state index contributed by atoms with van der Waals surface area (Å²) in [6.07, 6.45) is 2.67. The lowest BCUT2D eigenvalue weighted by Crippen LogP contribution is -2.22. The summed E-state index contributed by atoms with van der Waals surface area (Å²) in [5.41, 5.74) is 6.04. The molecule has 2 aromatic carbocycles. The summed E-state index contributed by atoms with van der Waals surface area (Å²) in [4.78, 5) is 33.5. The monoisotopic (exact) mass is 414 g/mol. The Bertz CT molecular complexity index is 998. The van der Waals surface area contributed by atoms with Gasteiger partial charge in [0.25, 0.3) is 5.91 Å².